The van der Waals surface area contributed by atoms with Crippen LogP contribution in [0.2, 0.25) is 0 Å². The van der Waals surface area contributed by atoms with Crippen molar-refractivity contribution < 1.29 is 4.92 Å². The van der Waals surface area contributed by atoms with E-state index in [1.165, 1.54) is 28.3 Å². The van der Waals surface area contributed by atoms with Gasteiger partial charge in [-0.3, -0.25) is 19.5 Å². The van der Waals surface area contributed by atoms with E-state index < -0.39 is 4.92 Å². The number of aryl methyl sites for hydroxylation is 2. The van der Waals surface area contributed by atoms with E-state index in [0.717, 1.165) is 41.5 Å². The number of hydrogen-bond acceptors (Lipinski definition) is 6. The van der Waals surface area contributed by atoms with Gasteiger partial charge in [0.2, 0.25) is 0 Å². The maximum Gasteiger partial charge on any atom is 0.269 e. The van der Waals surface area contributed by atoms with Gasteiger partial charge in [0.15, 0.2) is 5.16 Å². The molecule has 1 aliphatic rings. The molecule has 0 aliphatic heterocycles. The van der Waals surface area contributed by atoms with Crippen LogP contribution in [0.1, 0.15) is 35.8 Å². The fraction of sp³-hybridized carbons (Fsp3) is 0.368. The quantitative estimate of drug-likeness (QED) is 0.262. The van der Waals surface area contributed by atoms with Crippen LogP contribution < -0.4 is 5.56 Å². The van der Waals surface area contributed by atoms with E-state index in [0.29, 0.717) is 17.5 Å². The predicted octanol–water partition coefficient (Wildman–Crippen LogP) is 4.56. The predicted molar refractivity (Wildman–Crippen MR) is 109 cm³/mol. The monoisotopic (exact) mass is 401 g/mol. The second kappa shape index (κ2) is 7.44. The van der Waals surface area contributed by atoms with Crippen LogP contribution in [-0.4, -0.2) is 14.5 Å². The smallest absolute Gasteiger partial charge is 0.269 e. The summed E-state index contributed by atoms with van der Waals surface area (Å²) in [6, 6.07) is 6.61. The lowest BCUT2D eigenvalue weighted by molar-refractivity contribution is -0.384. The number of nitro benzene ring substituents is 1. The number of benzene rings is 1. The first-order valence-electron chi connectivity index (χ1n) is 8.99. The molecule has 27 heavy (non-hydrogen) atoms. The van der Waals surface area contributed by atoms with Crippen LogP contribution in [-0.2, 0) is 25.1 Å². The van der Waals surface area contributed by atoms with Gasteiger partial charge in [-0.2, -0.15) is 0 Å². The Bertz CT molecular complexity index is 1090. The van der Waals surface area contributed by atoms with Gasteiger partial charge in [-0.15, -0.1) is 11.3 Å². The van der Waals surface area contributed by atoms with Crippen molar-refractivity contribution in [3.63, 3.8) is 0 Å². The van der Waals surface area contributed by atoms with Crippen LogP contribution in [0.4, 0.5) is 5.69 Å². The van der Waals surface area contributed by atoms with E-state index in [1.54, 1.807) is 28.0 Å². The lowest BCUT2D eigenvalue weighted by Crippen LogP contribution is -2.23. The van der Waals surface area contributed by atoms with Crippen LogP contribution >= 0.6 is 23.1 Å². The summed E-state index contributed by atoms with van der Waals surface area (Å²) < 4.78 is 1.77. The molecule has 1 aliphatic carbocycles. The Kier molecular flexibility index (Phi) is 5.01. The van der Waals surface area contributed by atoms with Crippen molar-refractivity contribution in [2.24, 2.45) is 0 Å². The Morgan fingerprint density at radius 3 is 3.00 bits per heavy atom. The van der Waals surface area contributed by atoms with E-state index in [4.69, 9.17) is 4.98 Å². The van der Waals surface area contributed by atoms with Crippen LogP contribution in [0.3, 0.4) is 0 Å². The number of nitro groups is 1. The van der Waals surface area contributed by atoms with Crippen molar-refractivity contribution >= 4 is 39.0 Å². The van der Waals surface area contributed by atoms with Crippen molar-refractivity contribution in [1.29, 1.82) is 0 Å². The number of nitrogens with zero attached hydrogens (tertiary/aromatic N) is 3. The normalized spacial score (nSPS) is 13.2. The highest BCUT2D eigenvalue weighted by Gasteiger charge is 2.23. The summed E-state index contributed by atoms with van der Waals surface area (Å²) in [5.74, 6) is 0.536. The number of thiophene rings is 1. The average Bonchev–Trinajstić information content (AvgIpc) is 3.23. The lowest BCUT2D eigenvalue weighted by atomic mass is 10.2. The molecule has 0 saturated carbocycles. The summed E-state index contributed by atoms with van der Waals surface area (Å²) in [6.45, 7) is 2.67. The molecule has 2 aromatic heterocycles. The van der Waals surface area contributed by atoms with E-state index in [2.05, 4.69) is 0 Å². The van der Waals surface area contributed by atoms with E-state index >= 15 is 0 Å². The molecule has 0 spiro atoms. The molecule has 3 aromatic rings. The van der Waals surface area contributed by atoms with Crippen molar-refractivity contribution in [3.05, 3.63) is 60.7 Å². The minimum absolute atomic E-state index is 0.0581. The third kappa shape index (κ3) is 3.39. The fourth-order valence-corrected chi connectivity index (χ4v) is 5.77. The van der Waals surface area contributed by atoms with Crippen molar-refractivity contribution in [1.82, 2.24) is 9.55 Å². The SMILES string of the molecule is CCCn1c(SCc2cccc([N+](=O)[O-])c2)nc2sc3c(c2c1=O)CCC3. The third-order valence-corrected chi connectivity index (χ3v) is 6.96. The maximum absolute atomic E-state index is 13.1. The average molecular weight is 402 g/mol. The topological polar surface area (TPSA) is 78.0 Å². The summed E-state index contributed by atoms with van der Waals surface area (Å²) in [7, 11) is 0. The Balaban J connectivity index is 1.70. The number of hydrogen-bond donors (Lipinski definition) is 0. The van der Waals surface area contributed by atoms with Crippen LogP contribution in [0.5, 0.6) is 0 Å². The first-order chi connectivity index (χ1) is 13.1. The first kappa shape index (κ1) is 18.2. The first-order valence-corrected chi connectivity index (χ1v) is 10.8. The molecule has 0 atom stereocenters. The number of non-ortho nitro benzene ring substituents is 1. The van der Waals surface area contributed by atoms with Crippen LogP contribution in [0, 0.1) is 10.1 Å². The summed E-state index contributed by atoms with van der Waals surface area (Å²) in [5.41, 5.74) is 2.19. The molecule has 0 unspecified atom stereocenters. The second-order valence-electron chi connectivity index (χ2n) is 6.60. The van der Waals surface area contributed by atoms with E-state index in [1.807, 2.05) is 13.0 Å². The maximum atomic E-state index is 13.1. The summed E-state index contributed by atoms with van der Waals surface area (Å²) >= 11 is 3.11. The Labute approximate surface area is 164 Å². The van der Waals surface area contributed by atoms with Crippen molar-refractivity contribution in [3.8, 4) is 0 Å². The summed E-state index contributed by atoms with van der Waals surface area (Å²) in [5, 5.41) is 12.5. The molecular formula is C19H19N3O3S2. The third-order valence-electron chi connectivity index (χ3n) is 4.73. The van der Waals surface area contributed by atoms with Gasteiger partial charge in [-0.1, -0.05) is 30.8 Å². The molecule has 1 aromatic carbocycles. The second-order valence-corrected chi connectivity index (χ2v) is 8.63. The van der Waals surface area contributed by atoms with E-state index in [9.17, 15) is 14.9 Å². The molecule has 8 heteroatoms. The molecular weight excluding hydrogens is 382 g/mol. The van der Waals surface area contributed by atoms with Crippen LogP contribution in [0.15, 0.2) is 34.2 Å². The molecule has 0 bridgehead atoms. The van der Waals surface area contributed by atoms with Gasteiger partial charge in [-0.05, 0) is 36.8 Å². The van der Waals surface area contributed by atoms with Gasteiger partial charge in [0.25, 0.3) is 11.2 Å². The molecule has 0 N–H and O–H groups in total. The molecule has 4 rings (SSSR count). The molecule has 6 nitrogen and oxygen atoms in total. The van der Waals surface area contributed by atoms with Crippen molar-refractivity contribution in [2.45, 2.75) is 50.1 Å². The Morgan fingerprint density at radius 2 is 2.22 bits per heavy atom. The summed E-state index contributed by atoms with van der Waals surface area (Å²) in [6.07, 6.45) is 3.98. The zero-order chi connectivity index (χ0) is 19.0. The van der Waals surface area contributed by atoms with Gasteiger partial charge < -0.3 is 0 Å². The molecule has 0 saturated heterocycles. The van der Waals surface area contributed by atoms with Gasteiger partial charge >= 0.3 is 0 Å². The van der Waals surface area contributed by atoms with Gasteiger partial charge in [0.05, 0.1) is 10.3 Å². The standard InChI is InChI=1S/C19H19N3O3S2/c1-2-9-21-18(23)16-14-7-4-8-15(14)27-17(16)20-19(21)26-11-12-5-3-6-13(10-12)22(24)25/h3,5-6,10H,2,4,7-9,11H2,1H3. The van der Waals surface area contributed by atoms with Crippen molar-refractivity contribution in [2.75, 3.05) is 0 Å². The fourth-order valence-electron chi connectivity index (χ4n) is 3.50. The summed E-state index contributed by atoms with van der Waals surface area (Å²) in [4.78, 5) is 30.7. The molecule has 2 heterocycles. The van der Waals surface area contributed by atoms with Gasteiger partial charge in [0.1, 0.15) is 4.83 Å². The molecule has 0 fully saturated rings. The Hall–Kier alpha value is -2.19. The highest BCUT2D eigenvalue weighted by molar-refractivity contribution is 7.98. The number of rotatable bonds is 6. The van der Waals surface area contributed by atoms with Gasteiger partial charge in [-0.25, -0.2) is 4.98 Å². The zero-order valence-corrected chi connectivity index (χ0v) is 16.6. The van der Waals surface area contributed by atoms with E-state index in [-0.39, 0.29) is 11.2 Å². The van der Waals surface area contributed by atoms with Gasteiger partial charge in [0, 0.05) is 29.3 Å². The lowest BCUT2D eigenvalue weighted by Gasteiger charge is -2.11. The van der Waals surface area contributed by atoms with Crippen LogP contribution in [0.25, 0.3) is 10.2 Å². The minimum atomic E-state index is -0.390. The number of aromatic nitrogens is 2. The number of thioether (sulfide) groups is 1. The highest BCUT2D eigenvalue weighted by atomic mass is 32.2. The highest BCUT2D eigenvalue weighted by Crippen LogP contribution is 2.36. The zero-order valence-electron chi connectivity index (χ0n) is 14.9. The Morgan fingerprint density at radius 1 is 1.37 bits per heavy atom. The largest absolute Gasteiger partial charge is 0.287 e. The molecule has 140 valence electrons. The molecule has 0 amide bonds. The number of fused-ring (bicyclic) bond motifs is 3. The molecule has 0 radical (unpaired) electrons. The minimum Gasteiger partial charge on any atom is -0.287 e.